The lowest BCUT2D eigenvalue weighted by Crippen LogP contribution is -2.52. The molecule has 0 spiro atoms. The summed E-state index contributed by atoms with van der Waals surface area (Å²) in [4.78, 5) is 21.5. The van der Waals surface area contributed by atoms with Crippen molar-refractivity contribution < 1.29 is 9.53 Å². The van der Waals surface area contributed by atoms with Gasteiger partial charge in [0.1, 0.15) is 5.75 Å². The van der Waals surface area contributed by atoms with Gasteiger partial charge in [-0.05, 0) is 43.2 Å². The Morgan fingerprint density at radius 1 is 1.25 bits per heavy atom. The van der Waals surface area contributed by atoms with Crippen molar-refractivity contribution >= 4 is 23.2 Å². The minimum Gasteiger partial charge on any atom is -0.495 e. The van der Waals surface area contributed by atoms with Gasteiger partial charge < -0.3 is 10.1 Å². The fourth-order valence-electron chi connectivity index (χ4n) is 3.39. The van der Waals surface area contributed by atoms with E-state index in [2.05, 4.69) is 20.1 Å². The summed E-state index contributed by atoms with van der Waals surface area (Å²) in [5.74, 6) is 0.529. The summed E-state index contributed by atoms with van der Waals surface area (Å²) in [5.41, 5.74) is 2.81. The number of anilines is 1. The van der Waals surface area contributed by atoms with Gasteiger partial charge in [0.25, 0.3) is 0 Å². The average molecular weight is 403 g/mol. The van der Waals surface area contributed by atoms with Crippen LogP contribution in [-0.4, -0.2) is 60.0 Å². The van der Waals surface area contributed by atoms with E-state index in [1.807, 2.05) is 44.4 Å². The number of carbonyl (C=O) groups is 1. The lowest BCUT2D eigenvalue weighted by molar-refractivity contribution is -0.121. The smallest absolute Gasteiger partial charge is 0.241 e. The minimum absolute atomic E-state index is 0.0393. The van der Waals surface area contributed by atoms with Crippen molar-refractivity contribution in [3.8, 4) is 5.75 Å². The number of hydrogen-bond acceptors (Lipinski definition) is 5. The SMILES string of the molecule is COc1cc(Cl)c(C)cc1NC(=O)C(C)N1CCN(Cc2ccncc2)CC1. The number of aromatic nitrogens is 1. The third-order valence-corrected chi connectivity index (χ3v) is 5.64. The highest BCUT2D eigenvalue weighted by molar-refractivity contribution is 6.31. The van der Waals surface area contributed by atoms with Crippen molar-refractivity contribution in [1.82, 2.24) is 14.8 Å². The Labute approximate surface area is 171 Å². The molecule has 0 radical (unpaired) electrons. The molecule has 0 saturated carbocycles. The molecule has 28 heavy (non-hydrogen) atoms. The molecule has 1 aliphatic heterocycles. The molecule has 0 aliphatic carbocycles. The summed E-state index contributed by atoms with van der Waals surface area (Å²) >= 11 is 6.15. The van der Waals surface area contributed by atoms with Crippen molar-refractivity contribution in [2.45, 2.75) is 26.4 Å². The third kappa shape index (κ3) is 5.01. The van der Waals surface area contributed by atoms with Crippen molar-refractivity contribution in [3.05, 3.63) is 52.8 Å². The van der Waals surface area contributed by atoms with Crippen LogP contribution in [0.4, 0.5) is 5.69 Å². The zero-order valence-corrected chi connectivity index (χ0v) is 17.4. The standard InChI is InChI=1S/C21H27ClN4O2/c1-15-12-19(20(28-3)13-18(15)22)24-21(27)16(2)26-10-8-25(9-11-26)14-17-4-6-23-7-5-17/h4-7,12-13,16H,8-11,14H2,1-3H3,(H,24,27). The summed E-state index contributed by atoms with van der Waals surface area (Å²) in [5, 5.41) is 3.61. The van der Waals surface area contributed by atoms with Crippen LogP contribution in [0.1, 0.15) is 18.1 Å². The number of nitrogens with one attached hydrogen (secondary N) is 1. The summed E-state index contributed by atoms with van der Waals surface area (Å²) in [6.45, 7) is 8.35. The molecule has 6 nitrogen and oxygen atoms in total. The van der Waals surface area contributed by atoms with E-state index >= 15 is 0 Å². The van der Waals surface area contributed by atoms with Crippen molar-refractivity contribution in [3.63, 3.8) is 0 Å². The van der Waals surface area contributed by atoms with Crippen LogP contribution in [0.25, 0.3) is 0 Å². The Hall–Kier alpha value is -2.15. The Kier molecular flexibility index (Phi) is 6.88. The molecule has 1 saturated heterocycles. The van der Waals surface area contributed by atoms with Crippen molar-refractivity contribution in [2.75, 3.05) is 38.6 Å². The van der Waals surface area contributed by atoms with E-state index in [0.29, 0.717) is 16.5 Å². The fraction of sp³-hybridized carbons (Fsp3) is 0.429. The zero-order chi connectivity index (χ0) is 20.1. The van der Waals surface area contributed by atoms with Crippen molar-refractivity contribution in [2.24, 2.45) is 0 Å². The van der Waals surface area contributed by atoms with Gasteiger partial charge in [0.05, 0.1) is 18.8 Å². The van der Waals surface area contributed by atoms with Gasteiger partial charge in [-0.15, -0.1) is 0 Å². The van der Waals surface area contributed by atoms with E-state index < -0.39 is 0 Å². The summed E-state index contributed by atoms with van der Waals surface area (Å²) in [7, 11) is 1.57. The number of pyridine rings is 1. The molecule has 1 unspecified atom stereocenters. The number of benzene rings is 1. The second kappa shape index (κ2) is 9.37. The predicted molar refractivity (Wildman–Crippen MR) is 112 cm³/mol. The lowest BCUT2D eigenvalue weighted by atomic mass is 10.1. The molecule has 150 valence electrons. The molecule has 1 N–H and O–H groups in total. The third-order valence-electron chi connectivity index (χ3n) is 5.23. The van der Waals surface area contributed by atoms with Crippen LogP contribution in [-0.2, 0) is 11.3 Å². The number of halogens is 1. The predicted octanol–water partition coefficient (Wildman–Crippen LogP) is 3.20. The molecule has 3 rings (SSSR count). The number of carbonyl (C=O) groups excluding carboxylic acids is 1. The molecule has 0 bridgehead atoms. The van der Waals surface area contributed by atoms with Gasteiger partial charge in [0.15, 0.2) is 0 Å². The number of nitrogens with zero attached hydrogens (tertiary/aromatic N) is 3. The topological polar surface area (TPSA) is 57.7 Å². The minimum atomic E-state index is -0.219. The Balaban J connectivity index is 1.55. The van der Waals surface area contributed by atoms with Gasteiger partial charge in [-0.3, -0.25) is 19.6 Å². The fourth-order valence-corrected chi connectivity index (χ4v) is 3.54. The lowest BCUT2D eigenvalue weighted by Gasteiger charge is -2.37. The van der Waals surface area contributed by atoms with Gasteiger partial charge >= 0.3 is 0 Å². The highest BCUT2D eigenvalue weighted by Gasteiger charge is 2.26. The number of hydrogen-bond donors (Lipinski definition) is 1. The first kappa shape index (κ1) is 20.6. The largest absolute Gasteiger partial charge is 0.495 e. The first-order valence-electron chi connectivity index (χ1n) is 9.48. The quantitative estimate of drug-likeness (QED) is 0.804. The molecule has 1 atom stereocenters. The zero-order valence-electron chi connectivity index (χ0n) is 16.6. The Bertz CT molecular complexity index is 808. The number of piperazine rings is 1. The maximum atomic E-state index is 12.8. The number of aryl methyl sites for hydroxylation is 1. The molecule has 7 heteroatoms. The van der Waals surface area contributed by atoms with E-state index in [-0.39, 0.29) is 11.9 Å². The molecule has 1 aromatic heterocycles. The van der Waals surface area contributed by atoms with E-state index in [9.17, 15) is 4.79 Å². The van der Waals surface area contributed by atoms with Gasteiger partial charge in [0.2, 0.25) is 5.91 Å². The monoisotopic (exact) mass is 402 g/mol. The van der Waals surface area contributed by atoms with Crippen LogP contribution in [0, 0.1) is 6.92 Å². The second-order valence-corrected chi connectivity index (χ2v) is 7.54. The highest BCUT2D eigenvalue weighted by atomic mass is 35.5. The van der Waals surface area contributed by atoms with Gasteiger partial charge in [-0.1, -0.05) is 11.6 Å². The summed E-state index contributed by atoms with van der Waals surface area (Å²) in [6.07, 6.45) is 3.65. The first-order valence-corrected chi connectivity index (χ1v) is 9.86. The Morgan fingerprint density at radius 2 is 1.93 bits per heavy atom. The number of amides is 1. The summed E-state index contributed by atoms with van der Waals surface area (Å²) in [6, 6.07) is 7.45. The van der Waals surface area contributed by atoms with Gasteiger partial charge in [-0.2, -0.15) is 0 Å². The number of methoxy groups -OCH3 is 1. The normalized spacial score (nSPS) is 16.6. The second-order valence-electron chi connectivity index (χ2n) is 7.13. The van der Waals surface area contributed by atoms with Crippen LogP contribution in [0.15, 0.2) is 36.7 Å². The Morgan fingerprint density at radius 3 is 2.57 bits per heavy atom. The maximum Gasteiger partial charge on any atom is 0.241 e. The van der Waals surface area contributed by atoms with E-state index in [0.717, 1.165) is 38.3 Å². The van der Waals surface area contributed by atoms with E-state index in [4.69, 9.17) is 16.3 Å². The average Bonchev–Trinajstić information content (AvgIpc) is 2.71. The van der Waals surface area contributed by atoms with E-state index in [1.165, 1.54) is 5.56 Å². The number of ether oxygens (including phenoxy) is 1. The van der Waals surface area contributed by atoms with Crippen LogP contribution < -0.4 is 10.1 Å². The van der Waals surface area contributed by atoms with Crippen LogP contribution in [0.5, 0.6) is 5.75 Å². The van der Waals surface area contributed by atoms with E-state index in [1.54, 1.807) is 13.2 Å². The molecule has 1 amide bonds. The molecule has 2 heterocycles. The summed E-state index contributed by atoms with van der Waals surface area (Å²) < 4.78 is 5.35. The van der Waals surface area contributed by atoms with Gasteiger partial charge in [0, 0.05) is 56.2 Å². The van der Waals surface area contributed by atoms with Crippen LogP contribution >= 0.6 is 11.6 Å². The molecular formula is C21H27ClN4O2. The first-order chi connectivity index (χ1) is 13.5. The molecule has 1 fully saturated rings. The van der Waals surface area contributed by atoms with Gasteiger partial charge in [-0.25, -0.2) is 0 Å². The van der Waals surface area contributed by atoms with Crippen LogP contribution in [0.2, 0.25) is 5.02 Å². The maximum absolute atomic E-state index is 12.8. The molecule has 1 aromatic carbocycles. The number of rotatable bonds is 6. The highest BCUT2D eigenvalue weighted by Crippen LogP contribution is 2.31. The molecular weight excluding hydrogens is 376 g/mol. The molecule has 1 aliphatic rings. The van der Waals surface area contributed by atoms with Crippen molar-refractivity contribution in [1.29, 1.82) is 0 Å². The van der Waals surface area contributed by atoms with Crippen LogP contribution in [0.3, 0.4) is 0 Å². The molecule has 2 aromatic rings.